The average molecular weight is 564 g/mol. The number of halogens is 1. The fourth-order valence-electron chi connectivity index (χ4n) is 5.79. The minimum absolute atomic E-state index is 0.00122. The van der Waals surface area contributed by atoms with E-state index in [1.807, 2.05) is 6.07 Å². The van der Waals surface area contributed by atoms with Gasteiger partial charge in [-0.3, -0.25) is 24.1 Å². The van der Waals surface area contributed by atoms with Gasteiger partial charge < -0.3 is 9.84 Å². The van der Waals surface area contributed by atoms with Crippen LogP contribution in [0.3, 0.4) is 0 Å². The van der Waals surface area contributed by atoms with Crippen LogP contribution in [0.4, 0.5) is 9.59 Å². The maximum Gasteiger partial charge on any atom is 0.412 e. The monoisotopic (exact) mass is 563 g/mol. The number of carbonyl (C=O) groups excluding carboxylic acids is 4. The predicted octanol–water partition coefficient (Wildman–Crippen LogP) is 4.13. The van der Waals surface area contributed by atoms with Crippen LogP contribution in [0.25, 0.3) is 0 Å². The molecule has 4 rings (SSSR count). The first-order chi connectivity index (χ1) is 18.4. The molecule has 2 heterocycles. The molecule has 3 aliphatic rings. The van der Waals surface area contributed by atoms with Crippen molar-refractivity contribution in [2.45, 2.75) is 83.2 Å². The third-order valence-corrected chi connectivity index (χ3v) is 7.72. The molecule has 0 aromatic heterocycles. The van der Waals surface area contributed by atoms with E-state index in [2.05, 4.69) is 0 Å². The van der Waals surface area contributed by atoms with Crippen molar-refractivity contribution in [3.63, 3.8) is 0 Å². The van der Waals surface area contributed by atoms with Crippen molar-refractivity contribution in [2.75, 3.05) is 6.54 Å². The van der Waals surface area contributed by atoms with Crippen LogP contribution in [0.2, 0.25) is 0 Å². The number of carboxylic acid groups (broad SMARTS) is 1. The zero-order valence-corrected chi connectivity index (χ0v) is 23.1. The van der Waals surface area contributed by atoms with Gasteiger partial charge in [0.1, 0.15) is 12.2 Å². The predicted molar refractivity (Wildman–Crippen MR) is 138 cm³/mol. The zero-order chi connectivity index (χ0) is 28.5. The Hall–Kier alpha value is -3.18. The van der Waals surface area contributed by atoms with Crippen LogP contribution in [0.5, 0.6) is 0 Å². The number of amides is 4. The first-order valence-corrected chi connectivity index (χ1v) is 13.5. The number of rotatable bonds is 6. The van der Waals surface area contributed by atoms with Gasteiger partial charge >= 0.3 is 17.4 Å². The van der Waals surface area contributed by atoms with Gasteiger partial charge in [-0.05, 0) is 57.2 Å². The third kappa shape index (κ3) is 5.60. The van der Waals surface area contributed by atoms with Gasteiger partial charge in [-0.15, -0.1) is 0 Å². The van der Waals surface area contributed by atoms with E-state index in [0.29, 0.717) is 12.8 Å². The van der Waals surface area contributed by atoms with Crippen LogP contribution in [0.1, 0.15) is 64.9 Å². The number of nitrogens with zero attached hydrogens (tertiary/aromatic N) is 3. The molecule has 11 nitrogen and oxygen atoms in total. The van der Waals surface area contributed by atoms with Crippen molar-refractivity contribution < 1.29 is 38.7 Å². The number of piperidine rings is 1. The van der Waals surface area contributed by atoms with Gasteiger partial charge in [0, 0.05) is 13.0 Å². The molecule has 1 aromatic rings. The second kappa shape index (κ2) is 11.1. The van der Waals surface area contributed by atoms with Crippen molar-refractivity contribution in [3.05, 3.63) is 35.9 Å². The highest BCUT2D eigenvalue weighted by Crippen LogP contribution is 2.45. The number of fused-ring (bicyclic) bond motifs is 1. The molecular weight excluding hydrogens is 530 g/mol. The van der Waals surface area contributed by atoms with E-state index in [1.165, 1.54) is 0 Å². The van der Waals surface area contributed by atoms with Crippen LogP contribution in [-0.4, -0.2) is 73.1 Å². The van der Waals surface area contributed by atoms with E-state index in [-0.39, 0.29) is 26.0 Å². The molecule has 0 bridgehead atoms. The molecule has 2 aliphatic heterocycles. The Balaban J connectivity index is 1.69. The molecular formula is C27H34ClN3O8. The summed E-state index contributed by atoms with van der Waals surface area (Å²) in [7, 11) is 0. The molecule has 12 heteroatoms. The van der Waals surface area contributed by atoms with Crippen molar-refractivity contribution in [2.24, 2.45) is 11.8 Å². The van der Waals surface area contributed by atoms with Crippen LogP contribution in [0.15, 0.2) is 30.3 Å². The van der Waals surface area contributed by atoms with E-state index >= 15 is 0 Å². The molecule has 0 spiro atoms. The number of hydroxylamine groups is 2. The van der Waals surface area contributed by atoms with Crippen LogP contribution >= 0.6 is 11.6 Å². The highest BCUT2D eigenvalue weighted by atomic mass is 35.5. The largest absolute Gasteiger partial charge is 0.478 e. The number of imide groups is 1. The maximum absolute atomic E-state index is 13.5. The topological polar surface area (TPSA) is 134 Å². The fraction of sp³-hybridized carbons (Fsp3) is 0.593. The second-order valence-corrected chi connectivity index (χ2v) is 11.6. The Labute approximate surface area is 231 Å². The van der Waals surface area contributed by atoms with Gasteiger partial charge in [-0.2, -0.15) is 0 Å². The van der Waals surface area contributed by atoms with E-state index in [4.69, 9.17) is 21.2 Å². The lowest BCUT2D eigenvalue weighted by Gasteiger charge is -2.50. The molecule has 212 valence electrons. The highest BCUT2D eigenvalue weighted by molar-refractivity contribution is 6.62. The smallest absolute Gasteiger partial charge is 0.412 e. The number of carbonyl (C=O) groups is 5. The van der Waals surface area contributed by atoms with E-state index in [1.54, 1.807) is 45.0 Å². The summed E-state index contributed by atoms with van der Waals surface area (Å²) in [5.74, 6) is -3.94. The lowest BCUT2D eigenvalue weighted by molar-refractivity contribution is -0.196. The second-order valence-electron chi connectivity index (χ2n) is 11.3. The first kappa shape index (κ1) is 28.8. The number of hydrogen-bond donors (Lipinski definition) is 1. The number of benzene rings is 1. The SMILES string of the molecule is CC(C)(C)OC(=O)N1C[C@H](N(OCc2ccccc2)C(=O)Cl)CC[C@]1(C(=O)O)N1C(=O)C2CCCCC2C1=O. The molecule has 1 aromatic carbocycles. The molecule has 4 amide bonds. The zero-order valence-electron chi connectivity index (χ0n) is 22.3. The summed E-state index contributed by atoms with van der Waals surface area (Å²) in [6.45, 7) is 4.47. The molecule has 2 unspecified atom stereocenters. The first-order valence-electron chi connectivity index (χ1n) is 13.1. The van der Waals surface area contributed by atoms with E-state index in [9.17, 15) is 29.1 Å². The molecule has 1 aliphatic carbocycles. The normalized spacial score (nSPS) is 27.2. The summed E-state index contributed by atoms with van der Waals surface area (Å²) in [5.41, 5.74) is -2.56. The van der Waals surface area contributed by atoms with Gasteiger partial charge in [0.15, 0.2) is 0 Å². The number of likely N-dealkylation sites (tertiary alicyclic amines) is 2. The standard InChI is InChI=1S/C27H34ClN3O8/c1-26(2,3)39-25(37)29-15-18(31(24(28)36)38-16-17-9-5-4-6-10-17)13-14-27(29,23(34)35)30-21(32)19-11-7-8-12-20(19)22(30)33/h4-6,9-10,18-20H,7-8,11-16H2,1-3H3,(H,34,35)/t18-,19?,20?,27-/m1/s1. The molecule has 4 atom stereocenters. The minimum Gasteiger partial charge on any atom is -0.478 e. The molecule has 0 radical (unpaired) electrons. The summed E-state index contributed by atoms with van der Waals surface area (Å²) in [6, 6.07) is 8.16. The fourth-order valence-corrected chi connectivity index (χ4v) is 5.97. The number of hydrogen-bond acceptors (Lipinski definition) is 7. The van der Waals surface area contributed by atoms with Crippen molar-refractivity contribution >= 4 is 40.8 Å². The maximum atomic E-state index is 13.5. The Bertz CT molecular complexity index is 1120. The summed E-state index contributed by atoms with van der Waals surface area (Å²) >= 11 is 5.86. The Morgan fingerprint density at radius 2 is 1.64 bits per heavy atom. The molecule has 39 heavy (non-hydrogen) atoms. The van der Waals surface area contributed by atoms with E-state index < -0.39 is 58.4 Å². The molecule has 2 saturated heterocycles. The summed E-state index contributed by atoms with van der Waals surface area (Å²) in [5, 5.41) is 10.5. The Morgan fingerprint density at radius 1 is 1.05 bits per heavy atom. The lowest BCUT2D eigenvalue weighted by Crippen LogP contribution is -2.73. The molecule has 3 fully saturated rings. The van der Waals surface area contributed by atoms with Crippen LogP contribution in [0, 0.1) is 11.8 Å². The summed E-state index contributed by atoms with van der Waals surface area (Å²) in [6.07, 6.45) is 1.12. The average Bonchev–Trinajstić information content (AvgIpc) is 3.13. The number of carboxylic acids is 1. The van der Waals surface area contributed by atoms with Crippen LogP contribution in [-0.2, 0) is 30.6 Å². The van der Waals surface area contributed by atoms with Gasteiger partial charge in [0.05, 0.1) is 17.9 Å². The Morgan fingerprint density at radius 3 is 2.15 bits per heavy atom. The van der Waals surface area contributed by atoms with Gasteiger partial charge in [0.2, 0.25) is 17.5 Å². The quantitative estimate of drug-likeness (QED) is 0.236. The van der Waals surface area contributed by atoms with Crippen molar-refractivity contribution in [1.29, 1.82) is 0 Å². The highest BCUT2D eigenvalue weighted by Gasteiger charge is 2.64. The van der Waals surface area contributed by atoms with Gasteiger partial charge in [-0.1, -0.05) is 43.2 Å². The summed E-state index contributed by atoms with van der Waals surface area (Å²) in [4.78, 5) is 73.4. The Kier molecular flexibility index (Phi) is 8.22. The number of aliphatic carboxylic acids is 1. The summed E-state index contributed by atoms with van der Waals surface area (Å²) < 4.78 is 5.55. The van der Waals surface area contributed by atoms with Crippen molar-refractivity contribution in [3.8, 4) is 0 Å². The third-order valence-electron chi connectivity index (χ3n) is 7.55. The van der Waals surface area contributed by atoms with Crippen LogP contribution < -0.4 is 0 Å². The minimum atomic E-state index is -2.31. The lowest BCUT2D eigenvalue weighted by atomic mass is 9.81. The molecule has 1 saturated carbocycles. The van der Waals surface area contributed by atoms with Gasteiger partial charge in [-0.25, -0.2) is 19.6 Å². The number of ether oxygens (including phenoxy) is 1. The van der Waals surface area contributed by atoms with Crippen molar-refractivity contribution in [1.82, 2.24) is 14.9 Å². The van der Waals surface area contributed by atoms with Gasteiger partial charge in [0.25, 0.3) is 0 Å². The molecule has 1 N–H and O–H groups in total. The van der Waals surface area contributed by atoms with E-state index in [0.717, 1.165) is 33.3 Å².